The van der Waals surface area contributed by atoms with E-state index in [1.807, 2.05) is 48.4 Å². The number of hydrogen-bond donors (Lipinski definition) is 1. The van der Waals surface area contributed by atoms with Crippen LogP contribution in [0.4, 0.5) is 5.69 Å². The lowest BCUT2D eigenvalue weighted by molar-refractivity contribution is -0.114. The minimum atomic E-state index is 0.0345. The summed E-state index contributed by atoms with van der Waals surface area (Å²) in [7, 11) is 0. The fraction of sp³-hybridized carbons (Fsp3) is 0.150. The SMILES string of the molecule is C/C=C/C(=O)N1c2ccccc2C[C@H]1c1c[nH]c2ccccc12. The van der Waals surface area contributed by atoms with Gasteiger partial charge >= 0.3 is 0 Å². The Bertz CT molecular complexity index is 907. The van der Waals surface area contributed by atoms with Crippen LogP contribution in [0, 0.1) is 0 Å². The quantitative estimate of drug-likeness (QED) is 0.701. The van der Waals surface area contributed by atoms with Crippen molar-refractivity contribution in [3.8, 4) is 0 Å². The van der Waals surface area contributed by atoms with Crippen LogP contribution in [-0.2, 0) is 11.2 Å². The summed E-state index contributed by atoms with van der Waals surface area (Å²) < 4.78 is 0. The highest BCUT2D eigenvalue weighted by atomic mass is 16.2. The molecule has 1 amide bonds. The van der Waals surface area contributed by atoms with Gasteiger partial charge in [-0.05, 0) is 37.1 Å². The number of aromatic amines is 1. The maximum absolute atomic E-state index is 12.7. The molecule has 1 aliphatic rings. The van der Waals surface area contributed by atoms with Crippen molar-refractivity contribution in [3.63, 3.8) is 0 Å². The molecule has 114 valence electrons. The lowest BCUT2D eigenvalue weighted by Gasteiger charge is -2.24. The lowest BCUT2D eigenvalue weighted by atomic mass is 10.0. The maximum Gasteiger partial charge on any atom is 0.251 e. The van der Waals surface area contributed by atoms with E-state index in [1.54, 1.807) is 12.2 Å². The van der Waals surface area contributed by atoms with Gasteiger partial charge in [-0.25, -0.2) is 0 Å². The van der Waals surface area contributed by atoms with Crippen molar-refractivity contribution in [1.82, 2.24) is 4.98 Å². The first-order chi connectivity index (χ1) is 11.3. The average molecular weight is 302 g/mol. The van der Waals surface area contributed by atoms with E-state index in [2.05, 4.69) is 23.2 Å². The monoisotopic (exact) mass is 302 g/mol. The Morgan fingerprint density at radius 2 is 1.96 bits per heavy atom. The topological polar surface area (TPSA) is 36.1 Å². The molecule has 1 aliphatic heterocycles. The first-order valence-electron chi connectivity index (χ1n) is 7.89. The summed E-state index contributed by atoms with van der Waals surface area (Å²) in [4.78, 5) is 17.9. The summed E-state index contributed by atoms with van der Waals surface area (Å²) >= 11 is 0. The summed E-state index contributed by atoms with van der Waals surface area (Å²) in [6, 6.07) is 16.5. The molecular weight excluding hydrogens is 284 g/mol. The van der Waals surface area contributed by atoms with Crippen molar-refractivity contribution < 1.29 is 4.79 Å². The maximum atomic E-state index is 12.7. The molecule has 0 bridgehead atoms. The van der Waals surface area contributed by atoms with Gasteiger partial charge in [0.25, 0.3) is 5.91 Å². The zero-order valence-electron chi connectivity index (χ0n) is 13.0. The Morgan fingerprint density at radius 1 is 1.17 bits per heavy atom. The zero-order chi connectivity index (χ0) is 15.8. The van der Waals surface area contributed by atoms with Crippen LogP contribution in [0.5, 0.6) is 0 Å². The molecule has 0 spiro atoms. The van der Waals surface area contributed by atoms with E-state index < -0.39 is 0 Å². The standard InChI is InChI=1S/C20H18N2O/c1-2-7-20(23)22-18-11-6-3-8-14(18)12-19(22)16-13-21-17-10-5-4-9-15(16)17/h2-11,13,19,21H,12H2,1H3/b7-2+/t19-/m0/s1. The van der Waals surface area contributed by atoms with E-state index >= 15 is 0 Å². The Balaban J connectivity index is 1.86. The zero-order valence-corrected chi connectivity index (χ0v) is 13.0. The largest absolute Gasteiger partial charge is 0.361 e. The highest BCUT2D eigenvalue weighted by Crippen LogP contribution is 2.42. The molecule has 3 aromatic rings. The van der Waals surface area contributed by atoms with Crippen molar-refractivity contribution in [2.75, 3.05) is 4.90 Å². The number of anilines is 1. The Kier molecular flexibility index (Phi) is 3.27. The third-order valence-corrected chi connectivity index (χ3v) is 4.50. The van der Waals surface area contributed by atoms with Crippen molar-refractivity contribution in [2.24, 2.45) is 0 Å². The minimum absolute atomic E-state index is 0.0345. The van der Waals surface area contributed by atoms with Crippen LogP contribution in [0.1, 0.15) is 24.1 Å². The number of nitrogens with zero attached hydrogens (tertiary/aromatic N) is 1. The normalized spacial score (nSPS) is 17.1. The summed E-state index contributed by atoms with van der Waals surface area (Å²) in [5, 5.41) is 1.18. The minimum Gasteiger partial charge on any atom is -0.361 e. The van der Waals surface area contributed by atoms with E-state index in [0.29, 0.717) is 0 Å². The van der Waals surface area contributed by atoms with Crippen LogP contribution in [0.3, 0.4) is 0 Å². The van der Waals surface area contributed by atoms with Crippen molar-refractivity contribution in [2.45, 2.75) is 19.4 Å². The van der Waals surface area contributed by atoms with Gasteiger partial charge in [-0.2, -0.15) is 0 Å². The number of allylic oxidation sites excluding steroid dienone is 1. The predicted molar refractivity (Wildman–Crippen MR) is 93.5 cm³/mol. The van der Waals surface area contributed by atoms with E-state index in [-0.39, 0.29) is 11.9 Å². The van der Waals surface area contributed by atoms with Gasteiger partial charge in [0.15, 0.2) is 0 Å². The van der Waals surface area contributed by atoms with Crippen LogP contribution in [0.25, 0.3) is 10.9 Å². The predicted octanol–water partition coefficient (Wildman–Crippen LogP) is 4.37. The number of carbonyl (C=O) groups excluding carboxylic acids is 1. The summed E-state index contributed by atoms with van der Waals surface area (Å²) in [6.45, 7) is 1.88. The van der Waals surface area contributed by atoms with E-state index in [1.165, 1.54) is 16.5 Å². The third kappa shape index (κ3) is 2.16. The Labute approximate surface area is 135 Å². The van der Waals surface area contributed by atoms with Gasteiger partial charge in [0.05, 0.1) is 6.04 Å². The number of rotatable bonds is 2. The second-order valence-electron chi connectivity index (χ2n) is 5.85. The molecular formula is C20H18N2O. The second-order valence-corrected chi connectivity index (χ2v) is 5.85. The van der Waals surface area contributed by atoms with Crippen LogP contribution >= 0.6 is 0 Å². The van der Waals surface area contributed by atoms with Crippen molar-refractivity contribution in [3.05, 3.63) is 78.0 Å². The van der Waals surface area contributed by atoms with Gasteiger partial charge in [0.2, 0.25) is 0 Å². The molecule has 2 heterocycles. The van der Waals surface area contributed by atoms with Gasteiger partial charge in [0, 0.05) is 28.4 Å². The number of benzene rings is 2. The Morgan fingerprint density at radius 3 is 2.83 bits per heavy atom. The van der Waals surface area contributed by atoms with Crippen LogP contribution in [0.15, 0.2) is 66.9 Å². The molecule has 0 aliphatic carbocycles. The molecule has 0 radical (unpaired) electrons. The number of carbonyl (C=O) groups is 1. The molecule has 4 rings (SSSR count). The highest BCUT2D eigenvalue weighted by Gasteiger charge is 2.34. The van der Waals surface area contributed by atoms with Crippen molar-refractivity contribution >= 4 is 22.5 Å². The van der Waals surface area contributed by atoms with Crippen LogP contribution < -0.4 is 4.90 Å². The molecule has 3 nitrogen and oxygen atoms in total. The van der Waals surface area contributed by atoms with Gasteiger partial charge in [-0.15, -0.1) is 0 Å². The molecule has 0 unspecified atom stereocenters. The molecule has 0 saturated heterocycles. The summed E-state index contributed by atoms with van der Waals surface area (Å²) in [6.07, 6.45) is 6.33. The molecule has 1 N–H and O–H groups in total. The number of hydrogen-bond acceptors (Lipinski definition) is 1. The van der Waals surface area contributed by atoms with Gasteiger partial charge in [0.1, 0.15) is 0 Å². The summed E-state index contributed by atoms with van der Waals surface area (Å²) in [5.41, 5.74) is 4.53. The smallest absolute Gasteiger partial charge is 0.251 e. The molecule has 1 atom stereocenters. The highest BCUT2D eigenvalue weighted by molar-refractivity contribution is 6.04. The number of H-pyrrole nitrogens is 1. The van der Waals surface area contributed by atoms with Gasteiger partial charge in [-0.1, -0.05) is 42.5 Å². The second kappa shape index (κ2) is 5.43. The number of aromatic nitrogens is 1. The van der Waals surface area contributed by atoms with Gasteiger partial charge < -0.3 is 9.88 Å². The van der Waals surface area contributed by atoms with Crippen molar-refractivity contribution in [1.29, 1.82) is 0 Å². The fourth-order valence-corrected chi connectivity index (χ4v) is 3.50. The van der Waals surface area contributed by atoms with E-state index in [4.69, 9.17) is 0 Å². The third-order valence-electron chi connectivity index (χ3n) is 4.50. The fourth-order valence-electron chi connectivity index (χ4n) is 3.50. The first-order valence-corrected chi connectivity index (χ1v) is 7.89. The first kappa shape index (κ1) is 13.8. The number of para-hydroxylation sites is 2. The molecule has 0 saturated carbocycles. The lowest BCUT2D eigenvalue weighted by Crippen LogP contribution is -2.30. The van der Waals surface area contributed by atoms with Gasteiger partial charge in [-0.3, -0.25) is 4.79 Å². The summed E-state index contributed by atoms with van der Waals surface area (Å²) in [5.74, 6) is 0.0349. The molecule has 2 aromatic carbocycles. The number of amides is 1. The van der Waals surface area contributed by atoms with E-state index in [0.717, 1.165) is 17.6 Å². The average Bonchev–Trinajstić information content (AvgIpc) is 3.16. The molecule has 0 fully saturated rings. The number of fused-ring (bicyclic) bond motifs is 2. The molecule has 3 heteroatoms. The van der Waals surface area contributed by atoms with Crippen LogP contribution in [0.2, 0.25) is 0 Å². The molecule has 23 heavy (non-hydrogen) atoms. The van der Waals surface area contributed by atoms with E-state index in [9.17, 15) is 4.79 Å². The Hall–Kier alpha value is -2.81. The number of nitrogens with one attached hydrogen (secondary N) is 1. The van der Waals surface area contributed by atoms with Crippen LogP contribution in [-0.4, -0.2) is 10.9 Å². The molecule has 1 aromatic heterocycles.